The van der Waals surface area contributed by atoms with E-state index in [0.29, 0.717) is 30.5 Å². The van der Waals surface area contributed by atoms with Crippen molar-refractivity contribution in [2.24, 2.45) is 11.1 Å². The Morgan fingerprint density at radius 3 is 2.74 bits per heavy atom. The molecule has 1 atom stereocenters. The van der Waals surface area contributed by atoms with Crippen LogP contribution in [0.15, 0.2) is 36.5 Å². The topological polar surface area (TPSA) is 76.2 Å². The lowest BCUT2D eigenvalue weighted by atomic mass is 9.90. The number of nitrogens with two attached hydrogens (primary N) is 1. The fraction of sp³-hybridized carbons (Fsp3) is 0.444. The van der Waals surface area contributed by atoms with E-state index in [1.807, 2.05) is 24.3 Å². The van der Waals surface area contributed by atoms with Crippen molar-refractivity contribution in [1.29, 1.82) is 0 Å². The van der Waals surface area contributed by atoms with Crippen molar-refractivity contribution in [1.82, 2.24) is 14.7 Å². The van der Waals surface area contributed by atoms with Crippen LogP contribution in [-0.4, -0.2) is 46.8 Å². The number of hydrogen-bond acceptors (Lipinski definition) is 4. The number of hydrogen-bond donors (Lipinski definition) is 2. The summed E-state index contributed by atoms with van der Waals surface area (Å²) in [6, 6.07) is 9.42. The first-order valence-corrected chi connectivity index (χ1v) is 8.84. The summed E-state index contributed by atoms with van der Waals surface area (Å²) in [6.45, 7) is 5.46. The van der Waals surface area contributed by atoms with E-state index in [1.165, 1.54) is 0 Å². The molecule has 1 fully saturated rings. The fourth-order valence-electron chi connectivity index (χ4n) is 3.17. The number of aromatic nitrogens is 2. The molecule has 0 saturated carbocycles. The van der Waals surface area contributed by atoms with E-state index in [-0.39, 0.29) is 36.1 Å². The SMILES string of the molecule is CC1(CN)CCN(CC(=O)Nc2ccnn2Cc2ccccc2Cl)C1.Cl.Cl. The van der Waals surface area contributed by atoms with Crippen molar-refractivity contribution in [3.05, 3.63) is 47.1 Å². The normalized spacial score (nSPS) is 19.2. The third-order valence-corrected chi connectivity index (χ3v) is 5.13. The van der Waals surface area contributed by atoms with E-state index >= 15 is 0 Å². The van der Waals surface area contributed by atoms with Crippen LogP contribution in [0.5, 0.6) is 0 Å². The van der Waals surface area contributed by atoms with Crippen LogP contribution in [0, 0.1) is 5.41 Å². The van der Waals surface area contributed by atoms with Crippen LogP contribution >= 0.6 is 36.4 Å². The molecule has 9 heteroatoms. The minimum Gasteiger partial charge on any atom is -0.330 e. The number of carbonyl (C=O) groups is 1. The first-order chi connectivity index (χ1) is 12.0. The second kappa shape index (κ2) is 10.3. The van der Waals surface area contributed by atoms with Gasteiger partial charge in [-0.2, -0.15) is 5.10 Å². The van der Waals surface area contributed by atoms with Gasteiger partial charge in [0.1, 0.15) is 5.82 Å². The molecule has 1 aromatic carbocycles. The molecular formula is C18H26Cl3N5O. The monoisotopic (exact) mass is 433 g/mol. The summed E-state index contributed by atoms with van der Waals surface area (Å²) in [7, 11) is 0. The van der Waals surface area contributed by atoms with E-state index < -0.39 is 0 Å². The molecule has 0 radical (unpaired) electrons. The lowest BCUT2D eigenvalue weighted by Gasteiger charge is -2.22. The lowest BCUT2D eigenvalue weighted by molar-refractivity contribution is -0.117. The van der Waals surface area contributed by atoms with Crippen LogP contribution in [0.1, 0.15) is 18.9 Å². The van der Waals surface area contributed by atoms with Gasteiger partial charge in [-0.15, -0.1) is 24.8 Å². The van der Waals surface area contributed by atoms with E-state index in [2.05, 4.69) is 22.2 Å². The molecule has 2 heterocycles. The summed E-state index contributed by atoms with van der Waals surface area (Å²) in [4.78, 5) is 14.5. The van der Waals surface area contributed by atoms with Gasteiger partial charge < -0.3 is 11.1 Å². The summed E-state index contributed by atoms with van der Waals surface area (Å²) in [6.07, 6.45) is 2.70. The lowest BCUT2D eigenvalue weighted by Crippen LogP contribution is -2.35. The summed E-state index contributed by atoms with van der Waals surface area (Å²) in [5.74, 6) is 0.632. The van der Waals surface area contributed by atoms with E-state index in [1.54, 1.807) is 16.9 Å². The Morgan fingerprint density at radius 2 is 2.07 bits per heavy atom. The molecule has 1 aromatic heterocycles. The zero-order chi connectivity index (χ0) is 17.9. The first kappa shape index (κ1) is 23.7. The largest absolute Gasteiger partial charge is 0.330 e. The van der Waals surface area contributed by atoms with Gasteiger partial charge in [-0.25, -0.2) is 4.68 Å². The number of halogens is 3. The van der Waals surface area contributed by atoms with Crippen LogP contribution in [0.3, 0.4) is 0 Å². The Kier molecular flexibility index (Phi) is 9.05. The maximum absolute atomic E-state index is 12.4. The maximum atomic E-state index is 12.4. The van der Waals surface area contributed by atoms with Crippen molar-refractivity contribution in [3.8, 4) is 0 Å². The van der Waals surface area contributed by atoms with Crippen molar-refractivity contribution in [2.75, 3.05) is 31.5 Å². The summed E-state index contributed by atoms with van der Waals surface area (Å²) < 4.78 is 1.74. The molecule has 0 bridgehead atoms. The van der Waals surface area contributed by atoms with Gasteiger partial charge >= 0.3 is 0 Å². The molecule has 6 nitrogen and oxygen atoms in total. The molecule has 3 N–H and O–H groups in total. The van der Waals surface area contributed by atoms with E-state index in [0.717, 1.165) is 25.1 Å². The smallest absolute Gasteiger partial charge is 0.239 e. The second-order valence-corrected chi connectivity index (χ2v) is 7.40. The second-order valence-electron chi connectivity index (χ2n) is 6.99. The van der Waals surface area contributed by atoms with Crippen LogP contribution in [0.25, 0.3) is 0 Å². The molecule has 2 aromatic rings. The summed E-state index contributed by atoms with van der Waals surface area (Å²) >= 11 is 6.21. The van der Waals surface area contributed by atoms with Gasteiger partial charge in [0.15, 0.2) is 0 Å². The highest BCUT2D eigenvalue weighted by atomic mass is 35.5. The maximum Gasteiger partial charge on any atom is 0.239 e. The Morgan fingerprint density at radius 1 is 1.33 bits per heavy atom. The Hall–Kier alpha value is -1.31. The van der Waals surface area contributed by atoms with Crippen molar-refractivity contribution in [2.45, 2.75) is 19.9 Å². The number of anilines is 1. The van der Waals surface area contributed by atoms with Gasteiger partial charge in [0, 0.05) is 17.6 Å². The van der Waals surface area contributed by atoms with Crippen molar-refractivity contribution < 1.29 is 4.79 Å². The predicted molar refractivity (Wildman–Crippen MR) is 114 cm³/mol. The van der Waals surface area contributed by atoms with Crippen molar-refractivity contribution >= 4 is 48.1 Å². The highest BCUT2D eigenvalue weighted by Crippen LogP contribution is 2.28. The highest BCUT2D eigenvalue weighted by molar-refractivity contribution is 6.31. The standard InChI is InChI=1S/C18H24ClN5O.2ClH/c1-18(12-20)7-9-23(13-18)11-17(25)22-16-6-8-21-24(16)10-14-4-2-3-5-15(14)19;;/h2-6,8H,7,9-13,20H2,1H3,(H,22,25);2*1H. The molecule has 1 saturated heterocycles. The number of benzene rings is 1. The van der Waals surface area contributed by atoms with Gasteiger partial charge in [-0.3, -0.25) is 9.69 Å². The first-order valence-electron chi connectivity index (χ1n) is 8.47. The molecular weight excluding hydrogens is 409 g/mol. The van der Waals surface area contributed by atoms with Crippen LogP contribution in [0.4, 0.5) is 5.82 Å². The molecule has 3 rings (SSSR count). The quantitative estimate of drug-likeness (QED) is 0.732. The third-order valence-electron chi connectivity index (χ3n) is 4.76. The molecule has 0 aliphatic carbocycles. The third kappa shape index (κ3) is 6.09. The number of likely N-dealkylation sites (tertiary alicyclic amines) is 1. The minimum atomic E-state index is -0.0396. The molecule has 27 heavy (non-hydrogen) atoms. The highest BCUT2D eigenvalue weighted by Gasteiger charge is 2.33. The van der Waals surface area contributed by atoms with Gasteiger partial charge in [-0.05, 0) is 36.6 Å². The summed E-state index contributed by atoms with van der Waals surface area (Å²) in [5.41, 5.74) is 6.90. The van der Waals surface area contributed by atoms with Gasteiger partial charge in [0.05, 0.1) is 19.3 Å². The Balaban J connectivity index is 0.00000182. The van der Waals surface area contributed by atoms with E-state index in [9.17, 15) is 4.79 Å². The molecule has 1 amide bonds. The Bertz CT molecular complexity index is 754. The zero-order valence-corrected chi connectivity index (χ0v) is 17.6. The summed E-state index contributed by atoms with van der Waals surface area (Å²) in [5, 5.41) is 7.92. The fourth-order valence-corrected chi connectivity index (χ4v) is 3.36. The van der Waals surface area contributed by atoms with Gasteiger partial charge in [0.2, 0.25) is 5.91 Å². The molecule has 1 unspecified atom stereocenters. The number of carbonyl (C=O) groups excluding carboxylic acids is 1. The van der Waals surface area contributed by atoms with Crippen LogP contribution in [-0.2, 0) is 11.3 Å². The zero-order valence-electron chi connectivity index (χ0n) is 15.2. The number of rotatable bonds is 6. The van der Waals surface area contributed by atoms with Crippen LogP contribution in [0.2, 0.25) is 5.02 Å². The van der Waals surface area contributed by atoms with Crippen LogP contribution < -0.4 is 11.1 Å². The molecule has 0 spiro atoms. The number of nitrogens with one attached hydrogen (secondary N) is 1. The van der Waals surface area contributed by atoms with E-state index in [4.69, 9.17) is 17.3 Å². The Labute approximate surface area is 177 Å². The average Bonchev–Trinajstić information content (AvgIpc) is 3.17. The number of nitrogens with zero attached hydrogens (tertiary/aromatic N) is 3. The predicted octanol–water partition coefficient (Wildman–Crippen LogP) is 3.04. The molecule has 150 valence electrons. The number of amides is 1. The molecule has 1 aliphatic rings. The van der Waals surface area contributed by atoms with Crippen molar-refractivity contribution in [3.63, 3.8) is 0 Å². The van der Waals surface area contributed by atoms with Gasteiger partial charge in [-0.1, -0.05) is 36.7 Å². The average molecular weight is 435 g/mol. The van der Waals surface area contributed by atoms with Gasteiger partial charge in [0.25, 0.3) is 0 Å². The minimum absolute atomic E-state index is 0. The molecule has 1 aliphatic heterocycles.